The van der Waals surface area contributed by atoms with Gasteiger partial charge in [-0.3, -0.25) is 14.4 Å². The van der Waals surface area contributed by atoms with E-state index in [1.54, 1.807) is 9.80 Å². The van der Waals surface area contributed by atoms with Gasteiger partial charge in [0, 0.05) is 50.0 Å². The number of nitrogens with one attached hydrogen (secondary N) is 2. The molecule has 4 aromatic rings. The van der Waals surface area contributed by atoms with Crippen LogP contribution in [-0.4, -0.2) is 52.1 Å². The second-order valence-corrected chi connectivity index (χ2v) is 11.5. The first-order valence-electron chi connectivity index (χ1n) is 13.9. The fourth-order valence-electron chi connectivity index (χ4n) is 6.05. The molecule has 0 bridgehead atoms. The molecule has 3 N–H and O–H groups in total. The zero-order chi connectivity index (χ0) is 29.4. The van der Waals surface area contributed by atoms with Gasteiger partial charge in [-0.1, -0.05) is 30.3 Å². The molecule has 2 atom stereocenters. The number of aromatic nitrogens is 1. The average Bonchev–Trinajstić information content (AvgIpc) is 3.71. The number of hydrogen-bond acceptors (Lipinski definition) is 5. The SMILES string of the molecule is Cn1cc(C[C@@H](NC(=O)O)C(=O)NC2Cc3cccc(N4CCCC4=O)c3N(Cc3ccsc3)C2=O)c2ccccc21. The predicted octanol–water partition coefficient (Wildman–Crippen LogP) is 3.82. The summed E-state index contributed by atoms with van der Waals surface area (Å²) in [5.74, 6) is -0.855. The molecule has 2 aliphatic heterocycles. The van der Waals surface area contributed by atoms with Gasteiger partial charge < -0.3 is 30.1 Å². The number of amides is 4. The van der Waals surface area contributed by atoms with Gasteiger partial charge in [0.05, 0.1) is 17.9 Å². The fourth-order valence-corrected chi connectivity index (χ4v) is 6.71. The van der Waals surface area contributed by atoms with Gasteiger partial charge >= 0.3 is 6.09 Å². The summed E-state index contributed by atoms with van der Waals surface area (Å²) < 4.78 is 1.94. The van der Waals surface area contributed by atoms with Gasteiger partial charge in [-0.2, -0.15) is 11.3 Å². The number of fused-ring (bicyclic) bond motifs is 2. The largest absolute Gasteiger partial charge is 0.465 e. The molecule has 1 fully saturated rings. The molecule has 42 heavy (non-hydrogen) atoms. The summed E-state index contributed by atoms with van der Waals surface area (Å²) in [5, 5.41) is 19.6. The Balaban J connectivity index is 1.30. The Hall–Kier alpha value is -4.64. The first-order chi connectivity index (χ1) is 20.3. The normalized spacial score (nSPS) is 17.4. The number of nitrogens with zero attached hydrogens (tertiary/aromatic N) is 3. The molecule has 0 saturated carbocycles. The van der Waals surface area contributed by atoms with E-state index in [-0.39, 0.29) is 31.2 Å². The minimum Gasteiger partial charge on any atom is -0.465 e. The Labute approximate surface area is 246 Å². The van der Waals surface area contributed by atoms with Crippen molar-refractivity contribution >= 4 is 57.4 Å². The molecule has 0 aliphatic carbocycles. The van der Waals surface area contributed by atoms with Crippen molar-refractivity contribution in [1.82, 2.24) is 15.2 Å². The van der Waals surface area contributed by atoms with Crippen molar-refractivity contribution in [3.05, 3.63) is 82.2 Å². The molecule has 10 nitrogen and oxygen atoms in total. The second-order valence-electron chi connectivity index (χ2n) is 10.7. The van der Waals surface area contributed by atoms with E-state index in [9.17, 15) is 24.3 Å². The summed E-state index contributed by atoms with van der Waals surface area (Å²) >= 11 is 1.53. The number of hydrogen-bond donors (Lipinski definition) is 3. The van der Waals surface area contributed by atoms with E-state index >= 15 is 0 Å². The molecule has 0 radical (unpaired) electrons. The third-order valence-corrected chi connectivity index (χ3v) is 8.71. The number of thiophene rings is 1. The van der Waals surface area contributed by atoms with Crippen LogP contribution in [0.4, 0.5) is 16.2 Å². The molecule has 4 heterocycles. The Kier molecular flexibility index (Phi) is 7.42. The molecule has 6 rings (SSSR count). The number of aryl methyl sites for hydroxylation is 1. The quantitative estimate of drug-likeness (QED) is 0.290. The highest BCUT2D eigenvalue weighted by molar-refractivity contribution is 7.07. The number of benzene rings is 2. The standard InChI is InChI=1S/C31H31N5O5S/c1-34-17-21(22-7-2-3-8-25(22)34)15-23(33-31(40)41)29(38)32-24-14-20-6-4-9-26(35-12-5-10-27(35)37)28(20)36(30(24)39)16-19-11-13-42-18-19/h2-4,6-9,11,13,17-18,23-24,33H,5,10,12,14-16H2,1H3,(H,32,38)(H,40,41)/t23-,24?/m1/s1. The minimum absolute atomic E-state index is 0.0257. The van der Waals surface area contributed by atoms with E-state index in [1.165, 1.54) is 11.3 Å². The van der Waals surface area contributed by atoms with Crippen LogP contribution in [0.5, 0.6) is 0 Å². The molecule has 2 aromatic carbocycles. The van der Waals surface area contributed by atoms with E-state index < -0.39 is 24.1 Å². The third kappa shape index (κ3) is 5.23. The van der Waals surface area contributed by atoms with Crippen LogP contribution < -0.4 is 20.4 Å². The molecular weight excluding hydrogens is 554 g/mol. The van der Waals surface area contributed by atoms with Crippen molar-refractivity contribution in [3.8, 4) is 0 Å². The number of carbonyl (C=O) groups excluding carboxylic acids is 3. The highest BCUT2D eigenvalue weighted by atomic mass is 32.1. The highest BCUT2D eigenvalue weighted by Gasteiger charge is 2.38. The predicted molar refractivity (Wildman–Crippen MR) is 161 cm³/mol. The van der Waals surface area contributed by atoms with Crippen molar-refractivity contribution in [2.75, 3.05) is 16.3 Å². The Morgan fingerprint density at radius 2 is 1.95 bits per heavy atom. The van der Waals surface area contributed by atoms with Crippen LogP contribution in [0, 0.1) is 0 Å². The smallest absolute Gasteiger partial charge is 0.405 e. The molecule has 216 valence electrons. The molecule has 2 aliphatic rings. The van der Waals surface area contributed by atoms with E-state index in [0.717, 1.165) is 34.0 Å². The highest BCUT2D eigenvalue weighted by Crippen LogP contribution is 2.40. The zero-order valence-electron chi connectivity index (χ0n) is 23.1. The first-order valence-corrected chi connectivity index (χ1v) is 14.8. The van der Waals surface area contributed by atoms with Crippen LogP contribution in [0.3, 0.4) is 0 Å². The number of carboxylic acid groups (broad SMARTS) is 1. The van der Waals surface area contributed by atoms with E-state index in [4.69, 9.17) is 0 Å². The molecule has 4 amide bonds. The second kappa shape index (κ2) is 11.3. The van der Waals surface area contributed by atoms with Crippen LogP contribution >= 0.6 is 11.3 Å². The number of rotatable bonds is 8. The fraction of sp³-hybridized carbons (Fsp3) is 0.290. The van der Waals surface area contributed by atoms with Gasteiger partial charge in [0.25, 0.3) is 0 Å². The van der Waals surface area contributed by atoms with Crippen LogP contribution in [0.25, 0.3) is 10.9 Å². The van der Waals surface area contributed by atoms with Gasteiger partial charge in [0.2, 0.25) is 17.7 Å². The summed E-state index contributed by atoms with van der Waals surface area (Å²) in [5.41, 5.74) is 4.95. The van der Waals surface area contributed by atoms with E-state index in [0.29, 0.717) is 24.3 Å². The van der Waals surface area contributed by atoms with Crippen molar-refractivity contribution in [3.63, 3.8) is 0 Å². The van der Waals surface area contributed by atoms with E-state index in [1.807, 2.05) is 77.1 Å². The zero-order valence-corrected chi connectivity index (χ0v) is 23.9. The Morgan fingerprint density at radius 3 is 2.69 bits per heavy atom. The van der Waals surface area contributed by atoms with Crippen LogP contribution in [0.2, 0.25) is 0 Å². The van der Waals surface area contributed by atoms with Gasteiger partial charge in [-0.15, -0.1) is 0 Å². The third-order valence-electron chi connectivity index (χ3n) is 7.98. The Morgan fingerprint density at radius 1 is 1.12 bits per heavy atom. The number of para-hydroxylation sites is 2. The number of anilines is 2. The summed E-state index contributed by atoms with van der Waals surface area (Å²) in [6, 6.07) is 13.3. The molecule has 0 spiro atoms. The maximum Gasteiger partial charge on any atom is 0.405 e. The summed E-state index contributed by atoms with van der Waals surface area (Å²) in [6.45, 7) is 0.875. The van der Waals surface area contributed by atoms with Crippen molar-refractivity contribution in [2.24, 2.45) is 7.05 Å². The molecular formula is C31H31N5O5S. The number of carbonyl (C=O) groups is 4. The van der Waals surface area contributed by atoms with Crippen molar-refractivity contribution < 1.29 is 24.3 Å². The first kappa shape index (κ1) is 27.5. The lowest BCUT2D eigenvalue weighted by Crippen LogP contribution is -2.57. The lowest BCUT2D eigenvalue weighted by atomic mass is 9.94. The lowest BCUT2D eigenvalue weighted by molar-refractivity contribution is -0.129. The monoisotopic (exact) mass is 585 g/mol. The van der Waals surface area contributed by atoms with Gasteiger partial charge in [-0.05, 0) is 52.1 Å². The molecule has 2 aromatic heterocycles. The minimum atomic E-state index is -1.32. The molecule has 11 heteroatoms. The molecule has 1 saturated heterocycles. The maximum atomic E-state index is 14.1. The van der Waals surface area contributed by atoms with Crippen molar-refractivity contribution in [1.29, 1.82) is 0 Å². The lowest BCUT2D eigenvalue weighted by Gasteiger charge is -2.37. The summed E-state index contributed by atoms with van der Waals surface area (Å²) in [4.78, 5) is 55.5. The van der Waals surface area contributed by atoms with Gasteiger partial charge in [-0.25, -0.2) is 4.79 Å². The average molecular weight is 586 g/mol. The van der Waals surface area contributed by atoms with Crippen LogP contribution in [-0.2, 0) is 40.8 Å². The van der Waals surface area contributed by atoms with Crippen LogP contribution in [0.15, 0.2) is 65.5 Å². The van der Waals surface area contributed by atoms with Gasteiger partial charge in [0.1, 0.15) is 12.1 Å². The Bertz CT molecular complexity index is 1680. The van der Waals surface area contributed by atoms with Crippen LogP contribution in [0.1, 0.15) is 29.5 Å². The summed E-state index contributed by atoms with van der Waals surface area (Å²) in [7, 11) is 1.90. The topological polar surface area (TPSA) is 124 Å². The van der Waals surface area contributed by atoms with Crippen molar-refractivity contribution in [2.45, 2.75) is 44.3 Å². The van der Waals surface area contributed by atoms with Gasteiger partial charge in [0.15, 0.2) is 0 Å². The summed E-state index contributed by atoms with van der Waals surface area (Å²) in [6.07, 6.45) is 2.14. The molecule has 1 unspecified atom stereocenters. The van der Waals surface area contributed by atoms with E-state index in [2.05, 4.69) is 10.6 Å². The maximum absolute atomic E-state index is 14.1.